The van der Waals surface area contributed by atoms with Crippen LogP contribution in [-0.2, 0) is 9.16 Å². The van der Waals surface area contributed by atoms with Crippen molar-refractivity contribution in [1.29, 1.82) is 0 Å². The average molecular weight is 429 g/mol. The van der Waals surface area contributed by atoms with E-state index in [0.717, 1.165) is 0 Å². The molecular formula is C18H29ClN4O4Si. The fraction of sp³-hybridized carbons (Fsp3) is 0.667. The van der Waals surface area contributed by atoms with E-state index in [1.165, 1.54) is 0 Å². The molecule has 0 amide bonds. The third-order valence-electron chi connectivity index (χ3n) is 6.04. The van der Waals surface area contributed by atoms with E-state index in [1.807, 2.05) is 0 Å². The first kappa shape index (κ1) is 21.5. The molecule has 4 N–H and O–H groups in total. The van der Waals surface area contributed by atoms with Crippen LogP contribution in [0.3, 0.4) is 0 Å². The lowest BCUT2D eigenvalue weighted by Gasteiger charge is -2.42. The molecule has 8 nitrogen and oxygen atoms in total. The fourth-order valence-electron chi connectivity index (χ4n) is 3.24. The number of halogens is 1. The van der Waals surface area contributed by atoms with Gasteiger partial charge in [0.15, 0.2) is 8.32 Å². The molecule has 0 unspecified atom stereocenters. The zero-order chi connectivity index (χ0) is 20.9. The molecule has 2 atom stereocenters. The molecule has 0 radical (unpaired) electrons. The second kappa shape index (κ2) is 7.23. The molecule has 0 spiro atoms. The highest BCUT2D eigenvalue weighted by atomic mass is 35.5. The Bertz CT molecular complexity index is 863. The van der Waals surface area contributed by atoms with Gasteiger partial charge in [-0.2, -0.15) is 4.98 Å². The van der Waals surface area contributed by atoms with E-state index in [1.54, 1.807) is 16.8 Å². The van der Waals surface area contributed by atoms with E-state index in [-0.39, 0.29) is 29.4 Å². The van der Waals surface area contributed by atoms with E-state index >= 15 is 0 Å². The van der Waals surface area contributed by atoms with Crippen molar-refractivity contribution >= 4 is 36.8 Å². The molecule has 2 aromatic rings. The molecule has 1 saturated heterocycles. The molecule has 1 aliphatic heterocycles. The predicted octanol–water partition coefficient (Wildman–Crippen LogP) is 2.70. The first-order chi connectivity index (χ1) is 12.9. The van der Waals surface area contributed by atoms with Crippen molar-refractivity contribution in [3.05, 3.63) is 17.5 Å². The number of nitrogen functional groups attached to an aromatic ring is 1. The predicted molar refractivity (Wildman–Crippen MR) is 111 cm³/mol. The number of aliphatic hydroxyl groups is 2. The second-order valence-corrected chi connectivity index (χ2v) is 14.0. The topological polar surface area (TPSA) is 116 Å². The molecule has 3 rings (SSSR count). The largest absolute Gasteiger partial charge is 0.411 e. The number of hydrogen-bond acceptors (Lipinski definition) is 7. The van der Waals surface area contributed by atoms with Gasteiger partial charge in [0, 0.05) is 12.6 Å². The summed E-state index contributed by atoms with van der Waals surface area (Å²) in [4.78, 5) is 8.25. The van der Waals surface area contributed by atoms with Gasteiger partial charge in [0.2, 0.25) is 5.28 Å². The van der Waals surface area contributed by atoms with Gasteiger partial charge in [0.05, 0.1) is 24.7 Å². The first-order valence-electron chi connectivity index (χ1n) is 9.31. The number of hydrogen-bond donors (Lipinski definition) is 3. The molecule has 2 aromatic heterocycles. The average Bonchev–Trinajstić information content (AvgIpc) is 3.15. The van der Waals surface area contributed by atoms with Gasteiger partial charge in [-0.1, -0.05) is 20.8 Å². The summed E-state index contributed by atoms with van der Waals surface area (Å²) in [5.41, 5.74) is 5.29. The SMILES string of the molecule is CC(C)(C)[Si](C)(C)O[C@H]1C[C@H](n2ccc3c(N)nc(Cl)nc32)OC1(CO)CO. The summed E-state index contributed by atoms with van der Waals surface area (Å²) in [5.74, 6) is 0.288. The van der Waals surface area contributed by atoms with Crippen LogP contribution >= 0.6 is 11.6 Å². The molecule has 3 heterocycles. The van der Waals surface area contributed by atoms with Gasteiger partial charge in [0.1, 0.15) is 23.3 Å². The Hall–Kier alpha value is -1.23. The van der Waals surface area contributed by atoms with Gasteiger partial charge in [-0.3, -0.25) is 0 Å². The van der Waals surface area contributed by atoms with Crippen molar-refractivity contribution < 1.29 is 19.4 Å². The van der Waals surface area contributed by atoms with E-state index in [2.05, 4.69) is 43.8 Å². The van der Waals surface area contributed by atoms with Crippen LogP contribution in [-0.4, -0.2) is 58.0 Å². The van der Waals surface area contributed by atoms with Crippen molar-refractivity contribution in [3.8, 4) is 0 Å². The van der Waals surface area contributed by atoms with Crippen molar-refractivity contribution in [3.63, 3.8) is 0 Å². The minimum atomic E-state index is -2.16. The van der Waals surface area contributed by atoms with Crippen molar-refractivity contribution in [1.82, 2.24) is 14.5 Å². The van der Waals surface area contributed by atoms with Crippen LogP contribution in [0, 0.1) is 0 Å². The first-order valence-corrected chi connectivity index (χ1v) is 12.6. The molecule has 10 heteroatoms. The van der Waals surface area contributed by atoms with E-state index < -0.39 is 26.3 Å². The summed E-state index contributed by atoms with van der Waals surface area (Å²) in [6.45, 7) is 10.0. The van der Waals surface area contributed by atoms with Gasteiger partial charge < -0.3 is 29.7 Å². The lowest BCUT2D eigenvalue weighted by Crippen LogP contribution is -2.54. The number of nitrogens with two attached hydrogens (primary N) is 1. The monoisotopic (exact) mass is 428 g/mol. The molecule has 28 heavy (non-hydrogen) atoms. The molecule has 0 aliphatic carbocycles. The second-order valence-electron chi connectivity index (χ2n) is 8.89. The third-order valence-corrected chi connectivity index (χ3v) is 10.7. The number of aliphatic hydroxyl groups excluding tert-OH is 2. The van der Waals surface area contributed by atoms with Crippen molar-refractivity contribution in [2.24, 2.45) is 0 Å². The molecule has 1 aliphatic rings. The van der Waals surface area contributed by atoms with Gasteiger partial charge in [-0.25, -0.2) is 4.98 Å². The van der Waals surface area contributed by atoms with Crippen molar-refractivity contribution in [2.75, 3.05) is 18.9 Å². The fourth-order valence-corrected chi connectivity index (χ4v) is 4.79. The molecule has 0 bridgehead atoms. The Labute approximate surface area is 170 Å². The molecule has 1 fully saturated rings. The third kappa shape index (κ3) is 3.55. The zero-order valence-electron chi connectivity index (χ0n) is 16.9. The molecule has 156 valence electrons. The summed E-state index contributed by atoms with van der Waals surface area (Å²) in [7, 11) is -2.16. The number of nitrogens with zero attached hydrogens (tertiary/aromatic N) is 3. The molecular weight excluding hydrogens is 400 g/mol. The Morgan fingerprint density at radius 2 is 2.00 bits per heavy atom. The number of rotatable bonds is 5. The summed E-state index contributed by atoms with van der Waals surface area (Å²) in [5, 5.41) is 20.9. The highest BCUT2D eigenvalue weighted by Crippen LogP contribution is 2.45. The normalized spacial score (nSPS) is 22.9. The summed E-state index contributed by atoms with van der Waals surface area (Å²) >= 11 is 5.98. The smallest absolute Gasteiger partial charge is 0.226 e. The Kier molecular flexibility index (Phi) is 5.54. The van der Waals surface area contributed by atoms with Gasteiger partial charge in [0.25, 0.3) is 0 Å². The van der Waals surface area contributed by atoms with Crippen LogP contribution < -0.4 is 5.73 Å². The molecule has 0 aromatic carbocycles. The van der Waals surface area contributed by atoms with Crippen LogP contribution in [0.15, 0.2) is 12.3 Å². The quantitative estimate of drug-likeness (QED) is 0.495. The van der Waals surface area contributed by atoms with E-state index in [9.17, 15) is 10.2 Å². The highest BCUT2D eigenvalue weighted by Gasteiger charge is 2.53. The summed E-state index contributed by atoms with van der Waals surface area (Å²) in [6.07, 6.45) is 1.31. The maximum atomic E-state index is 10.1. The van der Waals surface area contributed by atoms with Gasteiger partial charge >= 0.3 is 0 Å². The Balaban J connectivity index is 1.98. The van der Waals surface area contributed by atoms with Crippen LogP contribution in [0.4, 0.5) is 5.82 Å². The maximum absolute atomic E-state index is 10.1. The lowest BCUT2D eigenvalue weighted by molar-refractivity contribution is -0.146. The molecule has 0 saturated carbocycles. The number of anilines is 1. The highest BCUT2D eigenvalue weighted by molar-refractivity contribution is 6.74. The summed E-state index contributed by atoms with van der Waals surface area (Å²) in [6, 6.07) is 1.80. The minimum absolute atomic E-state index is 0.0168. The zero-order valence-corrected chi connectivity index (χ0v) is 18.7. The van der Waals surface area contributed by atoms with Gasteiger partial charge in [-0.05, 0) is 35.8 Å². The number of fused-ring (bicyclic) bond motifs is 1. The maximum Gasteiger partial charge on any atom is 0.226 e. The van der Waals surface area contributed by atoms with E-state index in [4.69, 9.17) is 26.5 Å². The van der Waals surface area contributed by atoms with Crippen LogP contribution in [0.5, 0.6) is 0 Å². The van der Waals surface area contributed by atoms with Crippen LogP contribution in [0.25, 0.3) is 11.0 Å². The summed E-state index contributed by atoms with van der Waals surface area (Å²) < 4.78 is 14.5. The Morgan fingerprint density at radius 1 is 1.36 bits per heavy atom. The Morgan fingerprint density at radius 3 is 2.57 bits per heavy atom. The lowest BCUT2D eigenvalue weighted by atomic mass is 9.99. The number of aromatic nitrogens is 3. The standard InChI is InChI=1S/C18H29ClN4O4Si/c1-17(2,3)28(4,5)27-12-8-13(26-18(12,9-24)10-25)23-7-6-11-14(20)21-16(19)22-15(11)23/h6-7,12-13,24-25H,8-10H2,1-5H3,(H2,20,21,22)/t12-,13+/m0/s1. The minimum Gasteiger partial charge on any atom is -0.411 e. The van der Waals surface area contributed by atoms with Gasteiger partial charge in [-0.15, -0.1) is 0 Å². The van der Waals surface area contributed by atoms with Crippen LogP contribution in [0.1, 0.15) is 33.4 Å². The number of ether oxygens (including phenoxy) is 1. The van der Waals surface area contributed by atoms with Crippen LogP contribution in [0.2, 0.25) is 23.4 Å². The van der Waals surface area contributed by atoms with E-state index in [0.29, 0.717) is 17.5 Å². The van der Waals surface area contributed by atoms with Crippen molar-refractivity contribution in [2.45, 2.75) is 63.3 Å².